The van der Waals surface area contributed by atoms with Gasteiger partial charge in [0.05, 0.1) is 0 Å². The van der Waals surface area contributed by atoms with Gasteiger partial charge in [-0.05, 0) is 50.5 Å². The van der Waals surface area contributed by atoms with Gasteiger partial charge >= 0.3 is 0 Å². The Labute approximate surface area is 116 Å². The average molecular weight is 328 g/mol. The molecule has 1 atom stereocenters. The number of hydrogen-bond donors (Lipinski definition) is 0. The number of alkyl halides is 1. The van der Waals surface area contributed by atoms with Crippen molar-refractivity contribution in [3.8, 4) is 0 Å². The van der Waals surface area contributed by atoms with Crippen LogP contribution in [0.4, 0.5) is 0 Å². The molecule has 4 heteroatoms. The van der Waals surface area contributed by atoms with E-state index in [9.17, 15) is 0 Å². The maximum absolute atomic E-state index is 6.46. The molecule has 0 aliphatic rings. The largest absolute Gasteiger partial charge is 0.452 e. The van der Waals surface area contributed by atoms with E-state index in [1.807, 2.05) is 24.3 Å². The molecule has 0 aliphatic heterocycles. The Morgan fingerprint density at radius 3 is 2.76 bits per heavy atom. The first-order valence-corrected chi connectivity index (χ1v) is 7.22. The smallest absolute Gasteiger partial charge is 0.169 e. The lowest BCUT2D eigenvalue weighted by Gasteiger charge is -2.04. The average Bonchev–Trinajstić information content (AvgIpc) is 2.94. The summed E-state index contributed by atoms with van der Waals surface area (Å²) in [4.78, 5) is 0. The summed E-state index contributed by atoms with van der Waals surface area (Å²) in [6.45, 7) is 0. The highest BCUT2D eigenvalue weighted by Gasteiger charge is 2.18. The molecule has 0 saturated carbocycles. The fraction of sp³-hybridized carbons (Fsp3) is 0.0769. The summed E-state index contributed by atoms with van der Waals surface area (Å²) in [6, 6.07) is 12.0. The van der Waals surface area contributed by atoms with Gasteiger partial charge in [-0.1, -0.05) is 18.2 Å². The van der Waals surface area contributed by atoms with Crippen LogP contribution < -0.4 is 0 Å². The lowest BCUT2D eigenvalue weighted by Crippen LogP contribution is -1.88. The monoisotopic (exact) mass is 326 g/mol. The quantitative estimate of drug-likeness (QED) is 0.560. The van der Waals surface area contributed by atoms with E-state index in [4.69, 9.17) is 16.0 Å². The van der Waals surface area contributed by atoms with Crippen molar-refractivity contribution in [1.82, 2.24) is 0 Å². The van der Waals surface area contributed by atoms with Gasteiger partial charge in [0.15, 0.2) is 4.67 Å². The zero-order chi connectivity index (χ0) is 11.8. The summed E-state index contributed by atoms with van der Waals surface area (Å²) < 4.78 is 7.46. The molecule has 0 amide bonds. The van der Waals surface area contributed by atoms with E-state index in [1.165, 1.54) is 10.1 Å². The first-order valence-electron chi connectivity index (χ1n) is 5.11. The second kappa shape index (κ2) is 4.48. The third-order valence-corrected chi connectivity index (χ3v) is 4.49. The van der Waals surface area contributed by atoms with E-state index < -0.39 is 0 Å². The van der Waals surface area contributed by atoms with Crippen LogP contribution in [-0.4, -0.2) is 0 Å². The molecule has 0 fully saturated rings. The van der Waals surface area contributed by atoms with Crippen molar-refractivity contribution >= 4 is 49.0 Å². The van der Waals surface area contributed by atoms with Crippen molar-refractivity contribution in [2.75, 3.05) is 0 Å². The number of rotatable bonds is 2. The number of benzene rings is 1. The minimum Gasteiger partial charge on any atom is -0.452 e. The van der Waals surface area contributed by atoms with Gasteiger partial charge in [-0.3, -0.25) is 0 Å². The molecule has 86 valence electrons. The number of thiophene rings is 1. The molecule has 0 aliphatic carbocycles. The summed E-state index contributed by atoms with van der Waals surface area (Å²) in [7, 11) is 0. The van der Waals surface area contributed by atoms with E-state index in [0.717, 1.165) is 11.3 Å². The van der Waals surface area contributed by atoms with Gasteiger partial charge in [0.2, 0.25) is 0 Å². The lowest BCUT2D eigenvalue weighted by molar-refractivity contribution is 0.494. The highest BCUT2D eigenvalue weighted by molar-refractivity contribution is 9.10. The third kappa shape index (κ3) is 2.03. The topological polar surface area (TPSA) is 13.1 Å². The van der Waals surface area contributed by atoms with Crippen LogP contribution in [-0.2, 0) is 0 Å². The summed E-state index contributed by atoms with van der Waals surface area (Å²) >= 11 is 11.5. The predicted octanol–water partition coefficient (Wildman–Crippen LogP) is 5.59. The maximum atomic E-state index is 6.46. The van der Waals surface area contributed by atoms with Crippen LogP contribution in [0.25, 0.3) is 10.1 Å². The molecular weight excluding hydrogens is 320 g/mol. The Kier molecular flexibility index (Phi) is 2.99. The van der Waals surface area contributed by atoms with Crippen LogP contribution in [0.15, 0.2) is 50.9 Å². The normalized spacial score (nSPS) is 13.1. The van der Waals surface area contributed by atoms with Crippen molar-refractivity contribution in [2.24, 2.45) is 0 Å². The first kappa shape index (κ1) is 11.3. The van der Waals surface area contributed by atoms with Gasteiger partial charge in [0.25, 0.3) is 0 Å². The van der Waals surface area contributed by atoms with Gasteiger partial charge in [-0.15, -0.1) is 22.9 Å². The second-order valence-corrected chi connectivity index (χ2v) is 5.82. The molecular formula is C13H8BrClOS. The highest BCUT2D eigenvalue weighted by Crippen LogP contribution is 2.38. The van der Waals surface area contributed by atoms with Crippen molar-refractivity contribution in [3.63, 3.8) is 0 Å². The standard InChI is InChI=1S/C13H8BrClOS/c14-12-6-5-10(16-12)13(15)9-7-17-11-4-2-1-3-8(9)11/h1-7,13H. The Balaban J connectivity index is 2.09. The zero-order valence-corrected chi connectivity index (χ0v) is 11.8. The number of furan rings is 1. The van der Waals surface area contributed by atoms with Crippen LogP contribution in [0.2, 0.25) is 0 Å². The highest BCUT2D eigenvalue weighted by atomic mass is 79.9. The molecule has 0 bridgehead atoms. The molecule has 3 rings (SSSR count). The fourth-order valence-electron chi connectivity index (χ4n) is 1.81. The molecule has 3 aromatic rings. The van der Waals surface area contributed by atoms with Crippen LogP contribution in [0.3, 0.4) is 0 Å². The predicted molar refractivity (Wildman–Crippen MR) is 75.9 cm³/mol. The number of hydrogen-bond acceptors (Lipinski definition) is 2. The van der Waals surface area contributed by atoms with Crippen molar-refractivity contribution in [2.45, 2.75) is 5.38 Å². The van der Waals surface area contributed by atoms with Crippen LogP contribution in [0, 0.1) is 0 Å². The fourth-order valence-corrected chi connectivity index (χ4v) is 3.49. The molecule has 1 aromatic carbocycles. The molecule has 1 nitrogen and oxygen atoms in total. The molecule has 0 spiro atoms. The lowest BCUT2D eigenvalue weighted by atomic mass is 10.1. The SMILES string of the molecule is ClC(c1ccc(Br)o1)c1csc2ccccc12. The van der Waals surface area contributed by atoms with E-state index in [0.29, 0.717) is 4.67 Å². The van der Waals surface area contributed by atoms with Crippen molar-refractivity contribution in [3.05, 3.63) is 57.8 Å². The molecule has 0 N–H and O–H groups in total. The maximum Gasteiger partial charge on any atom is 0.169 e. The van der Waals surface area contributed by atoms with Gasteiger partial charge < -0.3 is 4.42 Å². The number of halogens is 2. The summed E-state index contributed by atoms with van der Waals surface area (Å²) in [5, 5.41) is 3.06. The Morgan fingerprint density at radius 2 is 2.00 bits per heavy atom. The van der Waals surface area contributed by atoms with Gasteiger partial charge in [-0.2, -0.15) is 0 Å². The van der Waals surface area contributed by atoms with Crippen molar-refractivity contribution < 1.29 is 4.42 Å². The molecule has 2 aromatic heterocycles. The summed E-state index contributed by atoms with van der Waals surface area (Å²) in [6.07, 6.45) is 0. The Morgan fingerprint density at radius 1 is 1.18 bits per heavy atom. The van der Waals surface area contributed by atoms with Crippen LogP contribution in [0.5, 0.6) is 0 Å². The van der Waals surface area contributed by atoms with E-state index in [-0.39, 0.29) is 5.38 Å². The van der Waals surface area contributed by atoms with E-state index in [2.05, 4.69) is 33.4 Å². The van der Waals surface area contributed by atoms with E-state index >= 15 is 0 Å². The molecule has 1 unspecified atom stereocenters. The summed E-state index contributed by atoms with van der Waals surface area (Å²) in [5.41, 5.74) is 1.11. The zero-order valence-electron chi connectivity index (χ0n) is 8.69. The molecule has 0 saturated heterocycles. The first-order chi connectivity index (χ1) is 8.25. The second-order valence-electron chi connectivity index (χ2n) is 3.69. The molecule has 17 heavy (non-hydrogen) atoms. The minimum absolute atomic E-state index is 0.238. The summed E-state index contributed by atoms with van der Waals surface area (Å²) in [5.74, 6) is 0.766. The minimum atomic E-state index is -0.238. The van der Waals surface area contributed by atoms with E-state index in [1.54, 1.807) is 11.3 Å². The van der Waals surface area contributed by atoms with Gasteiger partial charge in [0, 0.05) is 4.70 Å². The third-order valence-electron chi connectivity index (χ3n) is 2.63. The molecule has 2 heterocycles. The van der Waals surface area contributed by atoms with Crippen LogP contribution >= 0.6 is 38.9 Å². The van der Waals surface area contributed by atoms with Crippen molar-refractivity contribution in [1.29, 1.82) is 0 Å². The Bertz CT molecular complexity index is 658. The Hall–Kier alpha value is -0.770. The van der Waals surface area contributed by atoms with Crippen LogP contribution in [0.1, 0.15) is 16.7 Å². The van der Waals surface area contributed by atoms with Gasteiger partial charge in [0.1, 0.15) is 11.1 Å². The number of fused-ring (bicyclic) bond motifs is 1. The van der Waals surface area contributed by atoms with Gasteiger partial charge in [-0.25, -0.2) is 0 Å². The molecule has 0 radical (unpaired) electrons.